The quantitative estimate of drug-likeness (QED) is 0.505. The van der Waals surface area contributed by atoms with Gasteiger partial charge in [-0.1, -0.05) is 43.3 Å². The van der Waals surface area contributed by atoms with E-state index in [0.717, 1.165) is 23.1 Å². The molecule has 0 saturated carbocycles. The molecule has 1 aromatic carbocycles. The number of rotatable bonds is 7. The maximum absolute atomic E-state index is 14.9. The number of halogens is 1. The van der Waals surface area contributed by atoms with Crippen LogP contribution in [0.15, 0.2) is 46.3 Å². The SMILES string of the molecule is CCCCOC(=O)C1=C(N)N2C(=O)C(C)SC2=C(C(=O)OCC)C1c1ccccc1F. The van der Waals surface area contributed by atoms with E-state index in [2.05, 4.69) is 0 Å². The number of ether oxygens (including phenoxy) is 2. The Labute approximate surface area is 184 Å². The lowest BCUT2D eigenvalue weighted by Crippen LogP contribution is -2.40. The number of carbonyl (C=O) groups is 3. The maximum atomic E-state index is 14.9. The Kier molecular flexibility index (Phi) is 7.04. The van der Waals surface area contributed by atoms with Gasteiger partial charge in [0.05, 0.1) is 40.6 Å². The van der Waals surface area contributed by atoms with Crippen LogP contribution in [0.5, 0.6) is 0 Å². The van der Waals surface area contributed by atoms with Gasteiger partial charge in [-0.15, -0.1) is 0 Å². The fraction of sp³-hybridized carbons (Fsp3) is 0.409. The second-order valence-electron chi connectivity index (χ2n) is 7.12. The average Bonchev–Trinajstić information content (AvgIpc) is 3.03. The first-order valence-electron chi connectivity index (χ1n) is 10.2. The number of thioether (sulfide) groups is 1. The van der Waals surface area contributed by atoms with Gasteiger partial charge in [0, 0.05) is 5.56 Å². The zero-order chi connectivity index (χ0) is 22.7. The molecule has 7 nitrogen and oxygen atoms in total. The van der Waals surface area contributed by atoms with E-state index < -0.39 is 28.9 Å². The van der Waals surface area contributed by atoms with E-state index in [1.165, 1.54) is 18.2 Å². The van der Waals surface area contributed by atoms with Gasteiger partial charge in [0.15, 0.2) is 0 Å². The van der Waals surface area contributed by atoms with Gasteiger partial charge in [0.25, 0.3) is 0 Å². The molecule has 0 aliphatic carbocycles. The highest BCUT2D eigenvalue weighted by Gasteiger charge is 2.49. The van der Waals surface area contributed by atoms with Gasteiger partial charge in [-0.05, 0) is 26.3 Å². The lowest BCUT2D eigenvalue weighted by Gasteiger charge is -2.33. The summed E-state index contributed by atoms with van der Waals surface area (Å²) in [6.45, 7) is 5.47. The summed E-state index contributed by atoms with van der Waals surface area (Å²) < 4.78 is 25.5. The zero-order valence-electron chi connectivity index (χ0n) is 17.6. The Bertz CT molecular complexity index is 974. The number of nitrogens with two attached hydrogens (primary N) is 1. The largest absolute Gasteiger partial charge is 0.463 e. The summed E-state index contributed by atoms with van der Waals surface area (Å²) in [7, 11) is 0. The zero-order valence-corrected chi connectivity index (χ0v) is 18.5. The van der Waals surface area contributed by atoms with E-state index in [9.17, 15) is 18.8 Å². The van der Waals surface area contributed by atoms with E-state index in [-0.39, 0.29) is 46.7 Å². The van der Waals surface area contributed by atoms with Crippen molar-refractivity contribution in [2.24, 2.45) is 5.73 Å². The summed E-state index contributed by atoms with van der Waals surface area (Å²) in [5, 5.41) is -0.276. The minimum absolute atomic E-state index is 0.00583. The first kappa shape index (κ1) is 22.9. The number of fused-ring (bicyclic) bond motifs is 1. The molecule has 2 aliphatic heterocycles. The molecule has 31 heavy (non-hydrogen) atoms. The molecule has 2 N–H and O–H groups in total. The molecule has 1 fully saturated rings. The van der Waals surface area contributed by atoms with E-state index in [0.29, 0.717) is 6.42 Å². The molecular formula is C22H25FN2O5S. The molecule has 1 aromatic rings. The number of hydrogen-bond acceptors (Lipinski definition) is 7. The second kappa shape index (κ2) is 9.55. The smallest absolute Gasteiger partial charge is 0.338 e. The molecule has 0 bridgehead atoms. The van der Waals surface area contributed by atoms with Crippen LogP contribution in [0.1, 0.15) is 45.1 Å². The van der Waals surface area contributed by atoms with Crippen molar-refractivity contribution in [3.8, 4) is 0 Å². The standard InChI is InChI=1S/C22H25FN2O5S/c1-4-6-11-30-21(27)16-15(13-9-7-8-10-14(13)23)17(22(28)29-5-2)20-25(18(16)24)19(26)12(3)31-20/h7-10,12,15H,4-6,11,24H2,1-3H3. The Morgan fingerprint density at radius 3 is 2.48 bits per heavy atom. The predicted molar refractivity (Wildman–Crippen MR) is 114 cm³/mol. The second-order valence-corrected chi connectivity index (χ2v) is 8.45. The van der Waals surface area contributed by atoms with Crippen molar-refractivity contribution in [2.45, 2.75) is 44.8 Å². The number of unbranched alkanes of at least 4 members (excludes halogenated alkanes) is 1. The van der Waals surface area contributed by atoms with E-state index in [1.54, 1.807) is 19.9 Å². The Morgan fingerprint density at radius 2 is 1.84 bits per heavy atom. The normalized spacial score (nSPS) is 20.8. The predicted octanol–water partition coefficient (Wildman–Crippen LogP) is 3.18. The fourth-order valence-corrected chi connectivity index (χ4v) is 4.71. The van der Waals surface area contributed by atoms with Crippen molar-refractivity contribution < 1.29 is 28.2 Å². The molecule has 2 aliphatic rings. The maximum Gasteiger partial charge on any atom is 0.338 e. The molecule has 3 rings (SSSR count). The first-order chi connectivity index (χ1) is 14.8. The summed E-state index contributed by atoms with van der Waals surface area (Å²) in [5.41, 5.74) is 6.24. The molecule has 2 heterocycles. The van der Waals surface area contributed by atoms with Crippen LogP contribution in [0.25, 0.3) is 0 Å². The number of nitrogens with zero attached hydrogens (tertiary/aromatic N) is 1. The molecule has 2 unspecified atom stereocenters. The molecule has 9 heteroatoms. The highest BCUT2D eigenvalue weighted by Crippen LogP contribution is 2.50. The highest BCUT2D eigenvalue weighted by atomic mass is 32.2. The number of benzene rings is 1. The minimum Gasteiger partial charge on any atom is -0.463 e. The van der Waals surface area contributed by atoms with Crippen LogP contribution in [-0.4, -0.2) is 41.2 Å². The molecule has 0 aromatic heterocycles. The lowest BCUT2D eigenvalue weighted by atomic mass is 9.82. The third kappa shape index (κ3) is 4.19. The molecule has 1 amide bonds. The van der Waals surface area contributed by atoms with Crippen LogP contribution >= 0.6 is 11.8 Å². The number of esters is 2. The molecule has 166 valence electrons. The third-order valence-electron chi connectivity index (χ3n) is 5.05. The molecular weight excluding hydrogens is 423 g/mol. The minimum atomic E-state index is -1.16. The third-order valence-corrected chi connectivity index (χ3v) is 6.23. The number of hydrogen-bond donors (Lipinski definition) is 1. The van der Waals surface area contributed by atoms with Gasteiger partial charge in [-0.2, -0.15) is 0 Å². The van der Waals surface area contributed by atoms with Crippen LogP contribution in [0, 0.1) is 5.82 Å². The first-order valence-corrected chi connectivity index (χ1v) is 11.0. The van der Waals surface area contributed by atoms with E-state index in [1.807, 2.05) is 6.92 Å². The van der Waals surface area contributed by atoms with Crippen LogP contribution in [-0.2, 0) is 23.9 Å². The van der Waals surface area contributed by atoms with Crippen LogP contribution in [0.3, 0.4) is 0 Å². The van der Waals surface area contributed by atoms with Gasteiger partial charge >= 0.3 is 11.9 Å². The van der Waals surface area contributed by atoms with Crippen molar-refractivity contribution in [3.05, 3.63) is 57.6 Å². The molecule has 2 atom stereocenters. The summed E-state index contributed by atoms with van der Waals surface area (Å²) in [6.07, 6.45) is 1.43. The molecule has 1 saturated heterocycles. The summed E-state index contributed by atoms with van der Waals surface area (Å²) in [4.78, 5) is 40.0. The van der Waals surface area contributed by atoms with Crippen LogP contribution in [0.2, 0.25) is 0 Å². The van der Waals surface area contributed by atoms with Crippen LogP contribution in [0.4, 0.5) is 4.39 Å². The topological polar surface area (TPSA) is 98.9 Å². The summed E-state index contributed by atoms with van der Waals surface area (Å²) >= 11 is 1.13. The van der Waals surface area contributed by atoms with Gasteiger partial charge in [-0.3, -0.25) is 9.69 Å². The van der Waals surface area contributed by atoms with Gasteiger partial charge in [0.2, 0.25) is 5.91 Å². The average molecular weight is 449 g/mol. The Hall–Kier alpha value is -2.81. The fourth-order valence-electron chi connectivity index (χ4n) is 3.54. The van der Waals surface area contributed by atoms with Crippen molar-refractivity contribution in [1.82, 2.24) is 4.90 Å². The summed E-state index contributed by atoms with van der Waals surface area (Å²) in [5.74, 6) is -3.83. The van der Waals surface area contributed by atoms with Gasteiger partial charge in [0.1, 0.15) is 11.6 Å². The van der Waals surface area contributed by atoms with Crippen molar-refractivity contribution in [3.63, 3.8) is 0 Å². The van der Waals surface area contributed by atoms with Crippen molar-refractivity contribution in [1.29, 1.82) is 0 Å². The number of carbonyl (C=O) groups excluding carboxylic acids is 3. The molecule has 0 spiro atoms. The Morgan fingerprint density at radius 1 is 1.16 bits per heavy atom. The monoisotopic (exact) mass is 448 g/mol. The Balaban J connectivity index is 2.24. The van der Waals surface area contributed by atoms with Crippen LogP contribution < -0.4 is 5.73 Å². The lowest BCUT2D eigenvalue weighted by molar-refractivity contribution is -0.140. The highest BCUT2D eigenvalue weighted by molar-refractivity contribution is 8.04. The van der Waals surface area contributed by atoms with Gasteiger partial charge in [-0.25, -0.2) is 14.0 Å². The number of amides is 1. The van der Waals surface area contributed by atoms with E-state index in [4.69, 9.17) is 15.2 Å². The van der Waals surface area contributed by atoms with Crippen molar-refractivity contribution >= 4 is 29.6 Å². The van der Waals surface area contributed by atoms with Crippen molar-refractivity contribution in [2.75, 3.05) is 13.2 Å². The van der Waals surface area contributed by atoms with E-state index >= 15 is 0 Å². The molecule has 0 radical (unpaired) electrons. The summed E-state index contributed by atoms with van der Waals surface area (Å²) in [6, 6.07) is 5.82. The van der Waals surface area contributed by atoms with Gasteiger partial charge < -0.3 is 15.2 Å².